The Balaban J connectivity index is 1.31. The highest BCUT2D eigenvalue weighted by atomic mass is 32.2. The molecule has 0 atom stereocenters. The van der Waals surface area contributed by atoms with Gasteiger partial charge in [0, 0.05) is 56.7 Å². The Bertz CT molecular complexity index is 1120. The lowest BCUT2D eigenvalue weighted by Crippen LogP contribution is -2.45. The molecule has 8 nitrogen and oxygen atoms in total. The molecule has 0 aliphatic carbocycles. The van der Waals surface area contributed by atoms with Gasteiger partial charge >= 0.3 is 0 Å². The van der Waals surface area contributed by atoms with E-state index in [-0.39, 0.29) is 5.41 Å². The lowest BCUT2D eigenvalue weighted by atomic mass is 9.74. The van der Waals surface area contributed by atoms with Gasteiger partial charge in [-0.3, -0.25) is 0 Å². The highest BCUT2D eigenvalue weighted by molar-refractivity contribution is 7.99. The van der Waals surface area contributed by atoms with Crippen molar-refractivity contribution < 1.29 is 4.74 Å². The van der Waals surface area contributed by atoms with Crippen molar-refractivity contribution in [3.63, 3.8) is 0 Å². The first kappa shape index (κ1) is 23.9. The van der Waals surface area contributed by atoms with Gasteiger partial charge in [0.05, 0.1) is 0 Å². The van der Waals surface area contributed by atoms with Crippen molar-refractivity contribution in [2.45, 2.75) is 41.3 Å². The van der Waals surface area contributed by atoms with E-state index in [9.17, 15) is 0 Å². The van der Waals surface area contributed by atoms with Gasteiger partial charge in [-0.25, -0.2) is 15.0 Å². The van der Waals surface area contributed by atoms with Crippen LogP contribution in [-0.2, 0) is 10.2 Å². The molecule has 35 heavy (non-hydrogen) atoms. The number of benzene rings is 1. The number of hydrogen-bond donors (Lipinski definition) is 2. The molecule has 0 unspecified atom stereocenters. The fraction of sp³-hybridized carbons (Fsp3) is 0.400. The van der Waals surface area contributed by atoms with Gasteiger partial charge in [0.25, 0.3) is 0 Å². The van der Waals surface area contributed by atoms with Gasteiger partial charge in [-0.05, 0) is 61.3 Å². The molecular weight excluding hydrogens is 478 g/mol. The number of nitrogens with zero attached hydrogens (tertiary/aromatic N) is 5. The van der Waals surface area contributed by atoms with Crippen LogP contribution in [0.25, 0.3) is 0 Å². The molecule has 0 saturated carbocycles. The summed E-state index contributed by atoms with van der Waals surface area (Å²) in [6, 6.07) is 14.4. The minimum atomic E-state index is -0.0187. The lowest BCUT2D eigenvalue weighted by Gasteiger charge is -2.38. The quantitative estimate of drug-likeness (QED) is 0.277. The molecular formula is C25H29N7OS2. The molecule has 10 heteroatoms. The fourth-order valence-electron chi connectivity index (χ4n) is 4.58. The van der Waals surface area contributed by atoms with Crippen molar-refractivity contribution in [1.82, 2.24) is 25.3 Å². The third-order valence-electron chi connectivity index (χ3n) is 6.51. The van der Waals surface area contributed by atoms with Crippen LogP contribution in [0.2, 0.25) is 0 Å². The van der Waals surface area contributed by atoms with Gasteiger partial charge in [-0.1, -0.05) is 30.3 Å². The second-order valence-corrected chi connectivity index (χ2v) is 10.2. The van der Waals surface area contributed by atoms with Crippen molar-refractivity contribution in [3.05, 3.63) is 60.4 Å². The molecule has 182 valence electrons. The van der Waals surface area contributed by atoms with Crippen molar-refractivity contribution in [3.8, 4) is 0 Å². The van der Waals surface area contributed by atoms with Crippen molar-refractivity contribution in [1.29, 1.82) is 0 Å². The maximum Gasteiger partial charge on any atom is 0.232 e. The monoisotopic (exact) mass is 507 g/mol. The Morgan fingerprint density at radius 2 is 1.77 bits per heavy atom. The van der Waals surface area contributed by atoms with Crippen molar-refractivity contribution in [2.75, 3.05) is 43.1 Å². The van der Waals surface area contributed by atoms with E-state index < -0.39 is 0 Å². The van der Waals surface area contributed by atoms with Gasteiger partial charge in [0.2, 0.25) is 5.95 Å². The van der Waals surface area contributed by atoms with Crippen LogP contribution < -0.4 is 15.5 Å². The van der Waals surface area contributed by atoms with Crippen LogP contribution in [0.5, 0.6) is 0 Å². The zero-order valence-electron chi connectivity index (χ0n) is 19.5. The highest BCUT2D eigenvalue weighted by Crippen LogP contribution is 2.34. The molecule has 0 radical (unpaired) electrons. The van der Waals surface area contributed by atoms with E-state index in [1.54, 1.807) is 18.5 Å². The minimum Gasteiger partial charge on any atom is -0.381 e. The first-order valence-corrected chi connectivity index (χ1v) is 13.2. The topological polar surface area (TPSA) is 88.1 Å². The Hall–Kier alpha value is -2.82. The number of nitrogens with one attached hydrogen (secondary N) is 2. The van der Waals surface area contributed by atoms with E-state index in [2.05, 4.69) is 55.8 Å². The molecule has 1 aromatic carbocycles. The Kier molecular flexibility index (Phi) is 7.70. The normalized spacial score (nSPS) is 17.2. The predicted octanol–water partition coefficient (Wildman–Crippen LogP) is 4.05. The van der Waals surface area contributed by atoms with Crippen molar-refractivity contribution >= 4 is 40.9 Å². The summed E-state index contributed by atoms with van der Waals surface area (Å²) in [5, 5.41) is 8.60. The van der Waals surface area contributed by atoms with E-state index >= 15 is 0 Å². The first-order valence-electron chi connectivity index (χ1n) is 12.0. The largest absolute Gasteiger partial charge is 0.381 e. The summed E-state index contributed by atoms with van der Waals surface area (Å²) in [7, 11) is 0. The Labute approximate surface area is 215 Å². The second kappa shape index (κ2) is 11.3. The summed E-state index contributed by atoms with van der Waals surface area (Å²) in [6.45, 7) is 4.21. The van der Waals surface area contributed by atoms with Crippen LogP contribution in [0.3, 0.4) is 0 Å². The molecule has 5 rings (SSSR count). The Morgan fingerprint density at radius 1 is 1.03 bits per heavy atom. The number of anilines is 2. The van der Waals surface area contributed by atoms with E-state index in [1.807, 2.05) is 6.07 Å². The van der Waals surface area contributed by atoms with Gasteiger partial charge in [-0.2, -0.15) is 4.98 Å². The van der Waals surface area contributed by atoms with E-state index in [0.29, 0.717) is 16.2 Å². The first-order chi connectivity index (χ1) is 17.2. The molecule has 4 heterocycles. The molecule has 3 aromatic rings. The smallest absolute Gasteiger partial charge is 0.232 e. The molecule has 2 aliphatic rings. The van der Waals surface area contributed by atoms with Gasteiger partial charge in [-0.15, -0.1) is 0 Å². The van der Waals surface area contributed by atoms with Gasteiger partial charge < -0.3 is 20.3 Å². The molecule has 2 aliphatic heterocycles. The van der Waals surface area contributed by atoms with Crippen LogP contribution in [0.1, 0.15) is 31.2 Å². The molecule has 2 aromatic heterocycles. The van der Waals surface area contributed by atoms with Crippen LogP contribution in [0.4, 0.5) is 11.8 Å². The summed E-state index contributed by atoms with van der Waals surface area (Å²) in [5.41, 5.74) is 1.29. The van der Waals surface area contributed by atoms with E-state index in [0.717, 1.165) is 56.5 Å². The number of ether oxygens (including phenoxy) is 1. The molecule has 2 fully saturated rings. The minimum absolute atomic E-state index is 0.0187. The summed E-state index contributed by atoms with van der Waals surface area (Å²) in [5.74, 6) is 1.37. The zero-order valence-corrected chi connectivity index (χ0v) is 21.2. The van der Waals surface area contributed by atoms with Gasteiger partial charge in [0.1, 0.15) is 10.8 Å². The molecule has 2 saturated heterocycles. The molecule has 0 amide bonds. The lowest BCUT2D eigenvalue weighted by molar-refractivity contribution is 0.0515. The second-order valence-electron chi connectivity index (χ2n) is 8.78. The van der Waals surface area contributed by atoms with Crippen LogP contribution in [-0.4, -0.2) is 57.9 Å². The number of hydrogen-bond acceptors (Lipinski definition) is 8. The summed E-state index contributed by atoms with van der Waals surface area (Å²) in [6.07, 6.45) is 7.70. The van der Waals surface area contributed by atoms with Crippen LogP contribution in [0, 0.1) is 0 Å². The number of aromatic nitrogens is 4. The van der Waals surface area contributed by atoms with E-state index in [4.69, 9.17) is 26.9 Å². The maximum atomic E-state index is 5.68. The molecule has 0 spiro atoms. The third kappa shape index (κ3) is 6.06. The maximum absolute atomic E-state index is 5.68. The summed E-state index contributed by atoms with van der Waals surface area (Å²) < 4.78 is 5.66. The standard InChI is InChI=1S/C25H29N7OS2/c34-23(28-18-25(9-15-33-16-10-25)19-7-2-1-3-8-19)31-22-29-20(32-13-4-5-14-32)17-21(30-22)35-24-26-11-6-12-27-24/h1-3,6-8,11-12,17H,4-5,9-10,13-16,18H2,(H2,28,29,30,31,34). The summed E-state index contributed by atoms with van der Waals surface area (Å²) >= 11 is 7.09. The molecule has 2 N–H and O–H groups in total. The highest BCUT2D eigenvalue weighted by Gasteiger charge is 2.34. The predicted molar refractivity (Wildman–Crippen MR) is 142 cm³/mol. The average Bonchev–Trinajstić information content (AvgIpc) is 3.44. The van der Waals surface area contributed by atoms with Gasteiger partial charge in [0.15, 0.2) is 10.3 Å². The number of thiocarbonyl (C=S) groups is 1. The van der Waals surface area contributed by atoms with E-state index in [1.165, 1.54) is 30.2 Å². The fourth-order valence-corrected chi connectivity index (χ4v) is 5.45. The SMILES string of the molecule is S=C(NCC1(c2ccccc2)CCOCC1)Nc1nc(Sc2ncccn2)cc(N2CCCC2)n1. The third-order valence-corrected chi connectivity index (χ3v) is 7.56. The Morgan fingerprint density at radius 3 is 2.51 bits per heavy atom. The summed E-state index contributed by atoms with van der Waals surface area (Å²) in [4.78, 5) is 20.4. The van der Waals surface area contributed by atoms with Crippen LogP contribution >= 0.6 is 24.0 Å². The average molecular weight is 508 g/mol. The number of rotatable bonds is 7. The zero-order chi connectivity index (χ0) is 23.9. The molecule has 0 bridgehead atoms. The van der Waals surface area contributed by atoms with Crippen LogP contribution in [0.15, 0.2) is 65.0 Å². The van der Waals surface area contributed by atoms with Crippen molar-refractivity contribution in [2.24, 2.45) is 0 Å².